The lowest BCUT2D eigenvalue weighted by Crippen LogP contribution is -2.44. The molecule has 2 heterocycles. The number of ketones is 1. The van der Waals surface area contributed by atoms with Crippen LogP contribution < -0.4 is 25.5 Å². The van der Waals surface area contributed by atoms with Crippen LogP contribution in [0, 0.1) is 0 Å². The van der Waals surface area contributed by atoms with Crippen LogP contribution in [0.2, 0.25) is 0 Å². The molecule has 8 rings (SSSR count). The number of thiophene rings is 1. The summed E-state index contributed by atoms with van der Waals surface area (Å²) in [6.07, 6.45) is 1.55. The van der Waals surface area contributed by atoms with Crippen molar-refractivity contribution < 1.29 is 42.9 Å². The molecule has 12 nitrogen and oxygen atoms in total. The molecule has 2 aromatic heterocycles. The van der Waals surface area contributed by atoms with Crippen molar-refractivity contribution in [2.45, 2.75) is 38.1 Å². The minimum Gasteiger partial charge on any atom is -0.489 e. The smallest absolute Gasteiger partial charge is 0.328 e. The van der Waals surface area contributed by atoms with Crippen molar-refractivity contribution in [2.24, 2.45) is 0 Å². The molecule has 6 aromatic carbocycles. The largest absolute Gasteiger partial charge is 0.489 e. The number of carboxylic acid groups (broad SMARTS) is 1. The highest BCUT2D eigenvalue weighted by atomic mass is 32.1. The number of aliphatic carboxylic acids is 1. The molecule has 0 bridgehead atoms. The molecule has 1 unspecified atom stereocenters. The van der Waals surface area contributed by atoms with Crippen molar-refractivity contribution in [3.05, 3.63) is 230 Å². The summed E-state index contributed by atoms with van der Waals surface area (Å²) in [5.41, 5.74) is 4.60. The third kappa shape index (κ3) is 12.9. The second kappa shape index (κ2) is 23.1. The van der Waals surface area contributed by atoms with Gasteiger partial charge in [0.25, 0.3) is 5.91 Å². The van der Waals surface area contributed by atoms with Gasteiger partial charge in [0.15, 0.2) is 0 Å². The maximum Gasteiger partial charge on any atom is 0.328 e. The minimum atomic E-state index is -0.987. The van der Waals surface area contributed by atoms with Crippen LogP contribution in [-0.2, 0) is 40.4 Å². The topological polar surface area (TPSA) is 170 Å². The van der Waals surface area contributed by atoms with Gasteiger partial charge in [0.05, 0.1) is 23.1 Å². The molecule has 2 atom stereocenters. The van der Waals surface area contributed by atoms with E-state index in [0.29, 0.717) is 40.7 Å². The number of benzene rings is 6. The molecular weight excluding hydrogens is 869 g/mol. The van der Waals surface area contributed by atoms with Crippen LogP contribution in [0.15, 0.2) is 191 Å². The number of para-hydroxylation sites is 1. The highest BCUT2D eigenvalue weighted by molar-refractivity contribution is 7.13. The van der Waals surface area contributed by atoms with Gasteiger partial charge in [-0.15, -0.1) is 11.3 Å². The molecule has 0 saturated heterocycles. The Balaban J connectivity index is 0.000000199. The number of nitrogens with one attached hydrogen (secondary N) is 2. The summed E-state index contributed by atoms with van der Waals surface area (Å²) in [6.45, 7) is 0.908. The van der Waals surface area contributed by atoms with Gasteiger partial charge in [0, 0.05) is 18.4 Å². The molecule has 1 amide bonds. The predicted octanol–water partition coefficient (Wildman–Crippen LogP) is 9.55. The second-order valence-corrected chi connectivity index (χ2v) is 16.1. The average molecular weight is 915 g/mol. The number of hydrogen-bond acceptors (Lipinski definition) is 11. The van der Waals surface area contributed by atoms with Gasteiger partial charge in [-0.2, -0.15) is 0 Å². The van der Waals surface area contributed by atoms with E-state index in [9.17, 15) is 29.1 Å². The Bertz CT molecular complexity index is 2960. The molecular formula is C54H46N2O10S. The number of amides is 1. The Hall–Kier alpha value is -8.29. The number of carboxylic acids is 1. The van der Waals surface area contributed by atoms with Crippen LogP contribution in [-0.4, -0.2) is 47.9 Å². The summed E-state index contributed by atoms with van der Waals surface area (Å²) in [6, 6.07) is 49.8. The zero-order valence-corrected chi connectivity index (χ0v) is 37.1. The van der Waals surface area contributed by atoms with E-state index in [1.165, 1.54) is 18.4 Å². The summed E-state index contributed by atoms with van der Waals surface area (Å²) >= 11 is 1.30. The third-order valence-corrected chi connectivity index (χ3v) is 11.4. The van der Waals surface area contributed by atoms with Gasteiger partial charge in [-0.05, 0) is 70.1 Å². The summed E-state index contributed by atoms with van der Waals surface area (Å²) in [7, 11) is 1.24. The molecule has 3 N–H and O–H groups in total. The number of anilines is 1. The van der Waals surface area contributed by atoms with Crippen LogP contribution in [0.25, 0.3) is 11.0 Å². The molecule has 13 heteroatoms. The van der Waals surface area contributed by atoms with E-state index >= 15 is 0 Å². The molecule has 8 aromatic rings. The molecule has 67 heavy (non-hydrogen) atoms. The molecule has 0 aliphatic rings. The van der Waals surface area contributed by atoms with Crippen molar-refractivity contribution in [1.29, 1.82) is 0 Å². The fourth-order valence-corrected chi connectivity index (χ4v) is 7.73. The van der Waals surface area contributed by atoms with Gasteiger partial charge in [-0.1, -0.05) is 127 Å². The lowest BCUT2D eigenvalue weighted by Gasteiger charge is -2.17. The standard InChI is InChI=1S/C27H23NO6.C27H23NO4S/c1-32-27(31)23(28-26(30)22-17-34-24-10-6-5-9-21(24)25(22)29)15-18-11-13-20(14-12-18)33-16-19-7-3-2-4-8-19;29-25(21-9-5-2-6-10-21)26-23(15-16-33-26)28-24(27(30)31)17-19-11-13-22(14-12-19)32-18-20-7-3-1-4-8-20/h2-14,17,23H,15-16H2,1H3,(H,28,30);1-16,24,28H,17-18H2,(H,30,31)/t23-;/m0./s1. The normalized spacial score (nSPS) is 11.5. The monoisotopic (exact) mass is 914 g/mol. The van der Waals surface area contributed by atoms with E-state index < -0.39 is 35.4 Å². The number of carbonyl (C=O) groups is 4. The fraction of sp³-hybridized carbons (Fsp3) is 0.130. The van der Waals surface area contributed by atoms with Gasteiger partial charge in [0.1, 0.15) is 54.2 Å². The number of methoxy groups -OCH3 is 1. The lowest BCUT2D eigenvalue weighted by molar-refractivity contribution is -0.143. The number of fused-ring (bicyclic) bond motifs is 1. The van der Waals surface area contributed by atoms with E-state index in [1.54, 1.807) is 72.1 Å². The molecule has 0 radical (unpaired) electrons. The number of esters is 1. The zero-order chi connectivity index (χ0) is 47.0. The van der Waals surface area contributed by atoms with Crippen LogP contribution >= 0.6 is 11.3 Å². The lowest BCUT2D eigenvalue weighted by atomic mass is 10.0. The molecule has 0 fully saturated rings. The first kappa shape index (κ1) is 46.7. The number of ether oxygens (including phenoxy) is 3. The van der Waals surface area contributed by atoms with Crippen molar-refractivity contribution in [3.8, 4) is 11.5 Å². The van der Waals surface area contributed by atoms with Crippen LogP contribution in [0.4, 0.5) is 5.69 Å². The third-order valence-electron chi connectivity index (χ3n) is 10.5. The summed E-state index contributed by atoms with van der Waals surface area (Å²) in [5.74, 6) is -1.04. The van der Waals surface area contributed by atoms with Crippen LogP contribution in [0.3, 0.4) is 0 Å². The fourth-order valence-electron chi connectivity index (χ4n) is 6.91. The first-order valence-corrected chi connectivity index (χ1v) is 22.1. The van der Waals surface area contributed by atoms with E-state index in [-0.39, 0.29) is 29.6 Å². The highest BCUT2D eigenvalue weighted by Gasteiger charge is 2.25. The Kier molecular flexibility index (Phi) is 16.1. The first-order valence-electron chi connectivity index (χ1n) is 21.2. The summed E-state index contributed by atoms with van der Waals surface area (Å²) < 4.78 is 21.8. The molecule has 0 aliphatic heterocycles. The first-order chi connectivity index (χ1) is 32.6. The predicted molar refractivity (Wildman–Crippen MR) is 257 cm³/mol. The molecule has 0 saturated carbocycles. The summed E-state index contributed by atoms with van der Waals surface area (Å²) in [5, 5.41) is 17.5. The Morgan fingerprint density at radius 3 is 1.70 bits per heavy atom. The SMILES string of the molecule is COC(=O)[C@H](Cc1ccc(OCc2ccccc2)cc1)NC(=O)c1coc2ccccc2c1=O.O=C(c1ccccc1)c1sccc1NC(Cc1ccc(OCc2ccccc2)cc1)C(=O)O. The maximum atomic E-state index is 12.8. The van der Waals surface area contributed by atoms with Crippen LogP contribution in [0.5, 0.6) is 11.5 Å². The molecule has 338 valence electrons. The maximum absolute atomic E-state index is 12.8. The van der Waals surface area contributed by atoms with E-state index in [1.807, 2.05) is 103 Å². The van der Waals surface area contributed by atoms with E-state index in [4.69, 9.17) is 18.6 Å². The highest BCUT2D eigenvalue weighted by Crippen LogP contribution is 2.27. The average Bonchev–Trinajstić information content (AvgIpc) is 3.84. The number of carbonyl (C=O) groups excluding carboxylic acids is 3. The minimum absolute atomic E-state index is 0.128. The van der Waals surface area contributed by atoms with Crippen molar-refractivity contribution >= 4 is 51.6 Å². The van der Waals surface area contributed by atoms with Crippen molar-refractivity contribution in [1.82, 2.24) is 5.32 Å². The second-order valence-electron chi connectivity index (χ2n) is 15.2. The molecule has 0 aliphatic carbocycles. The van der Waals surface area contributed by atoms with Crippen molar-refractivity contribution in [3.63, 3.8) is 0 Å². The Morgan fingerprint density at radius 1 is 0.627 bits per heavy atom. The number of hydrogen-bond donors (Lipinski definition) is 3. The van der Waals surface area contributed by atoms with E-state index in [0.717, 1.165) is 34.3 Å². The molecule has 0 spiro atoms. The van der Waals surface area contributed by atoms with Gasteiger partial charge in [0.2, 0.25) is 11.2 Å². The van der Waals surface area contributed by atoms with Gasteiger partial charge >= 0.3 is 11.9 Å². The Labute approximate surface area is 390 Å². The summed E-state index contributed by atoms with van der Waals surface area (Å²) in [4.78, 5) is 63.1. The number of rotatable bonds is 18. The quantitative estimate of drug-likeness (QED) is 0.0553. The van der Waals surface area contributed by atoms with Crippen LogP contribution in [0.1, 0.15) is 47.8 Å². The Morgan fingerprint density at radius 2 is 1.15 bits per heavy atom. The van der Waals surface area contributed by atoms with Gasteiger partial charge in [-0.25, -0.2) is 9.59 Å². The van der Waals surface area contributed by atoms with E-state index in [2.05, 4.69) is 10.6 Å². The van der Waals surface area contributed by atoms with Gasteiger partial charge in [-0.3, -0.25) is 14.4 Å². The van der Waals surface area contributed by atoms with Gasteiger partial charge < -0.3 is 34.4 Å². The van der Waals surface area contributed by atoms with Crippen molar-refractivity contribution in [2.75, 3.05) is 12.4 Å². The zero-order valence-electron chi connectivity index (χ0n) is 36.3.